The second-order valence-electron chi connectivity index (χ2n) is 4.01. The molecule has 0 spiro atoms. The fraction of sp³-hybridized carbons (Fsp3) is 0.154. The number of hydrogen-bond acceptors (Lipinski definition) is 1. The van der Waals surface area contributed by atoms with Crippen LogP contribution in [0.25, 0.3) is 10.9 Å². The Morgan fingerprint density at radius 2 is 2.06 bits per heavy atom. The second kappa shape index (κ2) is 4.26. The van der Waals surface area contributed by atoms with Gasteiger partial charge in [-0.05, 0) is 24.3 Å². The number of fused-ring (bicyclic) bond motifs is 1. The largest absolute Gasteiger partial charge is 0.346 e. The van der Waals surface area contributed by atoms with Crippen LogP contribution < -0.4 is 0 Å². The van der Waals surface area contributed by atoms with E-state index < -0.39 is 0 Å². The summed E-state index contributed by atoms with van der Waals surface area (Å²) in [6.07, 6.45) is 7.70. The van der Waals surface area contributed by atoms with E-state index in [1.165, 1.54) is 10.9 Å². The van der Waals surface area contributed by atoms with Crippen LogP contribution in [0.3, 0.4) is 0 Å². The molecule has 3 rings (SSSR count). The zero-order valence-corrected chi connectivity index (χ0v) is 10.0. The Morgan fingerprint density at radius 3 is 2.88 bits per heavy atom. The molecule has 3 nitrogen and oxygen atoms in total. The van der Waals surface area contributed by atoms with Crippen molar-refractivity contribution in [2.24, 2.45) is 0 Å². The highest BCUT2D eigenvalue weighted by Crippen LogP contribution is 2.20. The Balaban J connectivity index is 1.86. The second-order valence-corrected chi connectivity index (χ2v) is 4.45. The Labute approximate surface area is 104 Å². The van der Waals surface area contributed by atoms with E-state index in [9.17, 15) is 0 Å². The van der Waals surface area contributed by atoms with Crippen molar-refractivity contribution in [2.45, 2.75) is 13.1 Å². The van der Waals surface area contributed by atoms with Crippen molar-refractivity contribution in [3.8, 4) is 0 Å². The highest BCUT2D eigenvalue weighted by Gasteiger charge is 2.01. The first-order valence-corrected chi connectivity index (χ1v) is 5.91. The lowest BCUT2D eigenvalue weighted by molar-refractivity contribution is 0.592. The van der Waals surface area contributed by atoms with Gasteiger partial charge in [0.1, 0.15) is 0 Å². The first-order valence-electron chi connectivity index (χ1n) is 5.53. The minimum absolute atomic E-state index is 0.782. The van der Waals surface area contributed by atoms with Gasteiger partial charge in [0.25, 0.3) is 0 Å². The van der Waals surface area contributed by atoms with Crippen LogP contribution in [0.4, 0.5) is 0 Å². The third kappa shape index (κ3) is 2.06. The van der Waals surface area contributed by atoms with Gasteiger partial charge < -0.3 is 9.13 Å². The van der Waals surface area contributed by atoms with Crippen molar-refractivity contribution < 1.29 is 0 Å². The SMILES string of the molecule is Clc1ccc2c(ccn2CCn2ccnc2)c1. The molecule has 0 aliphatic heterocycles. The standard InChI is InChI=1S/C13H12ClN3/c14-12-1-2-13-11(9-12)3-5-17(13)8-7-16-6-4-15-10-16/h1-6,9-10H,7-8H2. The van der Waals surface area contributed by atoms with Gasteiger partial charge in [-0.15, -0.1) is 0 Å². The molecule has 4 heteroatoms. The molecule has 0 radical (unpaired) electrons. The van der Waals surface area contributed by atoms with Crippen molar-refractivity contribution in [2.75, 3.05) is 0 Å². The van der Waals surface area contributed by atoms with E-state index in [0.29, 0.717) is 0 Å². The van der Waals surface area contributed by atoms with Crippen LogP contribution in [0.1, 0.15) is 0 Å². The van der Waals surface area contributed by atoms with E-state index in [1.807, 2.05) is 24.7 Å². The van der Waals surface area contributed by atoms with Gasteiger partial charge in [0, 0.05) is 47.6 Å². The van der Waals surface area contributed by atoms with Crippen LogP contribution in [0.15, 0.2) is 49.2 Å². The third-order valence-corrected chi connectivity index (χ3v) is 3.13. The number of nitrogens with zero attached hydrogens (tertiary/aromatic N) is 3. The summed E-state index contributed by atoms with van der Waals surface area (Å²) in [4.78, 5) is 4.03. The molecule has 17 heavy (non-hydrogen) atoms. The average Bonchev–Trinajstić information content (AvgIpc) is 2.94. The molecule has 0 saturated carbocycles. The Morgan fingerprint density at radius 1 is 1.12 bits per heavy atom. The van der Waals surface area contributed by atoms with Crippen LogP contribution in [0, 0.1) is 0 Å². The summed E-state index contributed by atoms with van der Waals surface area (Å²) in [5.41, 5.74) is 1.22. The van der Waals surface area contributed by atoms with Crippen LogP contribution in [-0.2, 0) is 13.1 Å². The summed E-state index contributed by atoms with van der Waals surface area (Å²) in [6.45, 7) is 1.86. The lowest BCUT2D eigenvalue weighted by atomic mass is 10.2. The van der Waals surface area contributed by atoms with Crippen LogP contribution in [0.5, 0.6) is 0 Å². The first-order chi connectivity index (χ1) is 8.33. The quantitative estimate of drug-likeness (QED) is 0.695. The first kappa shape index (κ1) is 10.4. The summed E-state index contributed by atoms with van der Waals surface area (Å²) in [5.74, 6) is 0. The van der Waals surface area contributed by atoms with E-state index >= 15 is 0 Å². The third-order valence-electron chi connectivity index (χ3n) is 2.89. The number of rotatable bonds is 3. The highest BCUT2D eigenvalue weighted by atomic mass is 35.5. The summed E-state index contributed by atoms with van der Waals surface area (Å²) in [5, 5.41) is 1.97. The molecule has 0 bridgehead atoms. The normalized spacial score (nSPS) is 11.1. The Kier molecular flexibility index (Phi) is 2.61. The van der Waals surface area contributed by atoms with Gasteiger partial charge in [-0.1, -0.05) is 11.6 Å². The number of benzene rings is 1. The monoisotopic (exact) mass is 245 g/mol. The smallest absolute Gasteiger partial charge is 0.0946 e. The van der Waals surface area contributed by atoms with Crippen LogP contribution in [-0.4, -0.2) is 14.1 Å². The molecule has 0 aliphatic carbocycles. The lowest BCUT2D eigenvalue weighted by Gasteiger charge is -2.06. The summed E-state index contributed by atoms with van der Waals surface area (Å²) >= 11 is 5.96. The van der Waals surface area contributed by atoms with Gasteiger partial charge in [0.2, 0.25) is 0 Å². The van der Waals surface area contributed by atoms with Gasteiger partial charge in [0.05, 0.1) is 6.33 Å². The van der Waals surface area contributed by atoms with Gasteiger partial charge in [-0.25, -0.2) is 4.98 Å². The van der Waals surface area contributed by atoms with Gasteiger partial charge in [-0.2, -0.15) is 0 Å². The number of aromatic nitrogens is 3. The molecule has 2 aromatic heterocycles. The van der Waals surface area contributed by atoms with E-state index in [-0.39, 0.29) is 0 Å². The molecule has 2 heterocycles. The highest BCUT2D eigenvalue weighted by molar-refractivity contribution is 6.31. The van der Waals surface area contributed by atoms with Crippen LogP contribution in [0.2, 0.25) is 5.02 Å². The van der Waals surface area contributed by atoms with E-state index in [0.717, 1.165) is 18.1 Å². The van der Waals surface area contributed by atoms with Gasteiger partial charge in [-0.3, -0.25) is 0 Å². The predicted molar refractivity (Wildman–Crippen MR) is 69.2 cm³/mol. The van der Waals surface area contributed by atoms with E-state index in [4.69, 9.17) is 11.6 Å². The molecular formula is C13H12ClN3. The minimum atomic E-state index is 0.782. The minimum Gasteiger partial charge on any atom is -0.346 e. The molecule has 86 valence electrons. The Bertz CT molecular complexity index is 625. The maximum Gasteiger partial charge on any atom is 0.0946 e. The molecule has 0 saturated heterocycles. The lowest BCUT2D eigenvalue weighted by Crippen LogP contribution is -2.04. The summed E-state index contributed by atoms with van der Waals surface area (Å²) in [7, 11) is 0. The zero-order valence-electron chi connectivity index (χ0n) is 9.25. The van der Waals surface area contributed by atoms with E-state index in [2.05, 4.69) is 32.4 Å². The summed E-state index contributed by atoms with van der Waals surface area (Å²) in [6, 6.07) is 8.07. The molecule has 3 aromatic rings. The average molecular weight is 246 g/mol. The molecule has 0 aliphatic rings. The topological polar surface area (TPSA) is 22.8 Å². The molecule has 0 fully saturated rings. The zero-order chi connectivity index (χ0) is 11.7. The van der Waals surface area contributed by atoms with Crippen LogP contribution >= 0.6 is 11.6 Å². The fourth-order valence-corrected chi connectivity index (χ4v) is 2.19. The van der Waals surface area contributed by atoms with Crippen molar-refractivity contribution in [3.63, 3.8) is 0 Å². The van der Waals surface area contributed by atoms with Gasteiger partial charge in [0.15, 0.2) is 0 Å². The van der Waals surface area contributed by atoms with Crippen molar-refractivity contribution >= 4 is 22.5 Å². The Hall–Kier alpha value is -1.74. The maximum absolute atomic E-state index is 5.96. The van der Waals surface area contributed by atoms with Crippen molar-refractivity contribution in [3.05, 3.63) is 54.2 Å². The number of imidazole rings is 1. The van der Waals surface area contributed by atoms with E-state index in [1.54, 1.807) is 6.20 Å². The molecule has 0 unspecified atom stereocenters. The predicted octanol–water partition coefficient (Wildman–Crippen LogP) is 3.19. The van der Waals surface area contributed by atoms with Crippen molar-refractivity contribution in [1.29, 1.82) is 0 Å². The molecular weight excluding hydrogens is 234 g/mol. The van der Waals surface area contributed by atoms with Crippen molar-refractivity contribution in [1.82, 2.24) is 14.1 Å². The number of aryl methyl sites for hydroxylation is 2. The number of halogens is 1. The maximum atomic E-state index is 5.96. The molecule has 0 N–H and O–H groups in total. The molecule has 0 atom stereocenters. The fourth-order valence-electron chi connectivity index (χ4n) is 2.01. The van der Waals surface area contributed by atoms with Gasteiger partial charge >= 0.3 is 0 Å². The number of hydrogen-bond donors (Lipinski definition) is 0. The summed E-state index contributed by atoms with van der Waals surface area (Å²) < 4.78 is 4.30. The molecule has 0 amide bonds. The molecule has 1 aromatic carbocycles.